The molecule has 2 heterocycles. The Morgan fingerprint density at radius 1 is 0.393 bits per heavy atom. The number of fused-ring (bicyclic) bond motifs is 7. The Bertz CT molecular complexity index is 3350. The van der Waals surface area contributed by atoms with E-state index >= 15 is 0 Å². The van der Waals surface area contributed by atoms with Crippen molar-refractivity contribution in [1.29, 1.82) is 0 Å². The lowest BCUT2D eigenvalue weighted by atomic mass is 9.67. The first-order valence-corrected chi connectivity index (χ1v) is 21.7. The summed E-state index contributed by atoms with van der Waals surface area (Å²) >= 11 is 1.82. The number of nitrogens with zero attached hydrogens (tertiary/aromatic N) is 2. The number of pyridine rings is 1. The Morgan fingerprint density at radius 2 is 0.967 bits per heavy atom. The Balaban J connectivity index is 1.21. The smallest absolute Gasteiger partial charge is 0.0738 e. The molecule has 3 heteroatoms. The molecule has 1 aliphatic carbocycles. The molecule has 0 amide bonds. The van der Waals surface area contributed by atoms with Crippen molar-refractivity contribution < 1.29 is 0 Å². The van der Waals surface area contributed by atoms with Crippen LogP contribution in [0.15, 0.2) is 231 Å². The van der Waals surface area contributed by atoms with E-state index in [0.29, 0.717) is 0 Å². The van der Waals surface area contributed by atoms with Crippen molar-refractivity contribution in [3.63, 3.8) is 0 Å². The Morgan fingerprint density at radius 3 is 1.66 bits per heavy atom. The highest BCUT2D eigenvalue weighted by Crippen LogP contribution is 2.59. The van der Waals surface area contributed by atoms with Gasteiger partial charge in [0.1, 0.15) is 0 Å². The third-order valence-corrected chi connectivity index (χ3v) is 13.7. The van der Waals surface area contributed by atoms with Gasteiger partial charge < -0.3 is 4.90 Å². The van der Waals surface area contributed by atoms with Crippen LogP contribution in [0.25, 0.3) is 64.3 Å². The average Bonchev–Trinajstić information content (AvgIpc) is 3.85. The molecule has 0 bridgehead atoms. The van der Waals surface area contributed by atoms with Crippen LogP contribution in [0.2, 0.25) is 0 Å². The maximum atomic E-state index is 5.01. The molecule has 0 atom stereocenters. The second-order valence-corrected chi connectivity index (χ2v) is 17.0. The average molecular weight is 795 g/mol. The molecule has 0 unspecified atom stereocenters. The van der Waals surface area contributed by atoms with Crippen LogP contribution in [0, 0.1) is 0 Å². The first kappa shape index (κ1) is 35.4. The molecular formula is C58H38N2S. The van der Waals surface area contributed by atoms with Gasteiger partial charge in [-0.05, 0) is 97.2 Å². The number of hydrogen-bond acceptors (Lipinski definition) is 3. The summed E-state index contributed by atoms with van der Waals surface area (Å²) in [5, 5.41) is 4.91. The molecule has 2 nitrogen and oxygen atoms in total. The fraction of sp³-hybridized carbons (Fsp3) is 0.0172. The number of benzene rings is 9. The molecule has 2 aromatic heterocycles. The van der Waals surface area contributed by atoms with E-state index in [-0.39, 0.29) is 0 Å². The van der Waals surface area contributed by atoms with E-state index in [9.17, 15) is 0 Å². The van der Waals surface area contributed by atoms with E-state index in [0.717, 1.165) is 32.9 Å². The minimum atomic E-state index is -0.570. The number of aromatic nitrogens is 1. The molecule has 0 spiro atoms. The van der Waals surface area contributed by atoms with Crippen molar-refractivity contribution in [2.45, 2.75) is 5.41 Å². The minimum absolute atomic E-state index is 0.570. The molecule has 1 aliphatic rings. The van der Waals surface area contributed by atoms with Gasteiger partial charge >= 0.3 is 0 Å². The van der Waals surface area contributed by atoms with Crippen LogP contribution in [-0.4, -0.2) is 4.98 Å². The number of anilines is 3. The molecule has 11 aromatic rings. The van der Waals surface area contributed by atoms with Gasteiger partial charge in [-0.2, -0.15) is 0 Å². The first-order valence-electron chi connectivity index (χ1n) is 20.9. The van der Waals surface area contributed by atoms with Crippen molar-refractivity contribution in [2.75, 3.05) is 4.90 Å². The highest BCUT2D eigenvalue weighted by Gasteiger charge is 2.47. The predicted molar refractivity (Wildman–Crippen MR) is 257 cm³/mol. The van der Waals surface area contributed by atoms with Crippen LogP contribution in [0.1, 0.15) is 22.3 Å². The maximum absolute atomic E-state index is 5.01. The summed E-state index contributed by atoms with van der Waals surface area (Å²) in [4.78, 5) is 7.50. The predicted octanol–water partition coefficient (Wildman–Crippen LogP) is 15.8. The molecule has 0 N–H and O–H groups in total. The lowest BCUT2D eigenvalue weighted by Gasteiger charge is -2.35. The standard InChI is InChI=1S/C58H38N2S/c1-5-17-39(18-6-1)40-29-31-46(32-30-40)60(54-37-59-38-56-57(54)50-33-42-21-13-14-22-43(42)34-55(50)61-56)53-36-52-49(35-48(53)41-19-7-2-8-20-41)47-27-15-16-28-51(47)58(52,44-23-9-3-10-24-44)45-25-11-4-12-26-45/h1-38H. The maximum Gasteiger partial charge on any atom is 0.0738 e. The van der Waals surface area contributed by atoms with Crippen molar-refractivity contribution in [2.24, 2.45) is 0 Å². The van der Waals surface area contributed by atoms with Gasteiger partial charge in [-0.15, -0.1) is 11.3 Å². The van der Waals surface area contributed by atoms with Gasteiger partial charge in [0.15, 0.2) is 0 Å². The van der Waals surface area contributed by atoms with Gasteiger partial charge in [0.25, 0.3) is 0 Å². The van der Waals surface area contributed by atoms with Crippen molar-refractivity contribution >= 4 is 59.3 Å². The number of thiophene rings is 1. The second-order valence-electron chi connectivity index (χ2n) is 15.9. The van der Waals surface area contributed by atoms with Gasteiger partial charge in [0, 0.05) is 32.9 Å². The third kappa shape index (κ3) is 5.59. The van der Waals surface area contributed by atoms with Crippen LogP contribution in [0.4, 0.5) is 17.1 Å². The minimum Gasteiger partial charge on any atom is -0.308 e. The van der Waals surface area contributed by atoms with Crippen LogP contribution < -0.4 is 4.90 Å². The zero-order chi connectivity index (χ0) is 40.3. The largest absolute Gasteiger partial charge is 0.308 e. The van der Waals surface area contributed by atoms with Gasteiger partial charge in [0.2, 0.25) is 0 Å². The normalized spacial score (nSPS) is 12.7. The SMILES string of the molecule is c1ccc(-c2ccc(N(c3cc4c(cc3-c3ccccc3)-c3ccccc3C4(c3ccccc3)c3ccccc3)c3cncc4sc5cc6ccccc6cc5c34)cc2)cc1. The topological polar surface area (TPSA) is 16.1 Å². The third-order valence-electron chi connectivity index (χ3n) is 12.6. The fourth-order valence-corrected chi connectivity index (χ4v) is 11.0. The highest BCUT2D eigenvalue weighted by molar-refractivity contribution is 7.26. The number of hydrogen-bond donors (Lipinski definition) is 0. The van der Waals surface area contributed by atoms with Crippen molar-refractivity contribution in [3.05, 3.63) is 253 Å². The summed E-state index contributed by atoms with van der Waals surface area (Å²) in [6.07, 6.45) is 4.12. The number of rotatable bonds is 7. The zero-order valence-corrected chi connectivity index (χ0v) is 34.1. The molecule has 286 valence electrons. The van der Waals surface area contributed by atoms with E-state index < -0.39 is 5.41 Å². The molecule has 9 aromatic carbocycles. The van der Waals surface area contributed by atoms with Crippen LogP contribution in [0.3, 0.4) is 0 Å². The van der Waals surface area contributed by atoms with Crippen LogP contribution >= 0.6 is 11.3 Å². The monoisotopic (exact) mass is 794 g/mol. The fourth-order valence-electron chi connectivity index (χ4n) is 9.92. The Kier molecular flexibility index (Phi) is 8.29. The molecule has 0 fully saturated rings. The Labute approximate surface area is 359 Å². The van der Waals surface area contributed by atoms with E-state index in [1.165, 1.54) is 70.8 Å². The van der Waals surface area contributed by atoms with Crippen LogP contribution in [-0.2, 0) is 5.41 Å². The highest BCUT2D eigenvalue weighted by atomic mass is 32.1. The molecule has 12 rings (SSSR count). The second kappa shape index (κ2) is 14.3. The van der Waals surface area contributed by atoms with E-state index in [2.05, 4.69) is 229 Å². The van der Waals surface area contributed by atoms with Crippen LogP contribution in [0.5, 0.6) is 0 Å². The summed E-state index contributed by atoms with van der Waals surface area (Å²) < 4.78 is 2.41. The quantitative estimate of drug-likeness (QED) is 0.160. The van der Waals surface area contributed by atoms with E-state index in [1.807, 2.05) is 17.5 Å². The van der Waals surface area contributed by atoms with E-state index in [1.54, 1.807) is 0 Å². The lowest BCUT2D eigenvalue weighted by Crippen LogP contribution is -2.28. The summed E-state index contributed by atoms with van der Waals surface area (Å²) in [5.41, 5.74) is 14.8. The molecular weight excluding hydrogens is 757 g/mol. The van der Waals surface area contributed by atoms with Gasteiger partial charge in [-0.25, -0.2) is 0 Å². The summed E-state index contributed by atoms with van der Waals surface area (Å²) in [6.45, 7) is 0. The van der Waals surface area contributed by atoms with Gasteiger partial charge in [-0.3, -0.25) is 4.98 Å². The van der Waals surface area contributed by atoms with E-state index in [4.69, 9.17) is 4.98 Å². The Hall–Kier alpha value is -7.59. The zero-order valence-electron chi connectivity index (χ0n) is 33.2. The summed E-state index contributed by atoms with van der Waals surface area (Å²) in [7, 11) is 0. The lowest BCUT2D eigenvalue weighted by molar-refractivity contribution is 0.768. The van der Waals surface area contributed by atoms with Gasteiger partial charge in [0.05, 0.1) is 27.7 Å². The molecule has 0 radical (unpaired) electrons. The molecule has 0 aliphatic heterocycles. The van der Waals surface area contributed by atoms with Gasteiger partial charge in [-0.1, -0.05) is 182 Å². The molecule has 0 saturated heterocycles. The van der Waals surface area contributed by atoms with Crippen molar-refractivity contribution in [3.8, 4) is 33.4 Å². The molecule has 61 heavy (non-hydrogen) atoms. The first-order chi connectivity index (χ1) is 30.3. The molecule has 0 saturated carbocycles. The van der Waals surface area contributed by atoms with Crippen molar-refractivity contribution in [1.82, 2.24) is 4.98 Å². The summed E-state index contributed by atoms with van der Waals surface area (Å²) in [6, 6.07) is 80.2. The summed E-state index contributed by atoms with van der Waals surface area (Å²) in [5.74, 6) is 0.